The van der Waals surface area contributed by atoms with Crippen LogP contribution in [0.25, 0.3) is 0 Å². The standard InChI is InChI=1S/C23H24N2/c1-2-23(21-14-9-15-22(24)16-21)25(17-19-10-5-3-6-11-19)18-20-12-7-4-8-13-20/h2-16,23H,1,17-18,24H2. The van der Waals surface area contributed by atoms with Gasteiger partial charge in [0.2, 0.25) is 0 Å². The van der Waals surface area contributed by atoms with E-state index < -0.39 is 0 Å². The molecular weight excluding hydrogens is 304 g/mol. The molecule has 0 saturated carbocycles. The highest BCUT2D eigenvalue weighted by Gasteiger charge is 2.18. The molecule has 3 rings (SSSR count). The third-order valence-corrected chi connectivity index (χ3v) is 4.33. The van der Waals surface area contributed by atoms with E-state index in [9.17, 15) is 0 Å². The molecule has 3 aromatic carbocycles. The van der Waals surface area contributed by atoms with Crippen LogP contribution in [0.1, 0.15) is 22.7 Å². The van der Waals surface area contributed by atoms with E-state index in [1.807, 2.05) is 36.4 Å². The Labute approximate surface area is 150 Å². The van der Waals surface area contributed by atoms with Gasteiger partial charge in [-0.3, -0.25) is 4.90 Å². The molecule has 0 radical (unpaired) electrons. The van der Waals surface area contributed by atoms with E-state index >= 15 is 0 Å². The first-order valence-electron chi connectivity index (χ1n) is 8.56. The molecule has 2 heteroatoms. The van der Waals surface area contributed by atoms with Gasteiger partial charge in [0.1, 0.15) is 0 Å². The smallest absolute Gasteiger partial charge is 0.0536 e. The van der Waals surface area contributed by atoms with Crippen molar-refractivity contribution in [1.29, 1.82) is 0 Å². The summed E-state index contributed by atoms with van der Waals surface area (Å²) in [5.41, 5.74) is 10.5. The maximum Gasteiger partial charge on any atom is 0.0536 e. The van der Waals surface area contributed by atoms with Gasteiger partial charge in [-0.1, -0.05) is 78.9 Å². The second kappa shape index (κ2) is 8.32. The van der Waals surface area contributed by atoms with Gasteiger partial charge in [-0.15, -0.1) is 6.58 Å². The van der Waals surface area contributed by atoms with Crippen LogP contribution in [-0.2, 0) is 13.1 Å². The van der Waals surface area contributed by atoms with Crippen LogP contribution in [0.4, 0.5) is 5.69 Å². The fourth-order valence-electron chi connectivity index (χ4n) is 3.13. The van der Waals surface area contributed by atoms with Crippen molar-refractivity contribution in [2.75, 3.05) is 5.73 Å². The van der Waals surface area contributed by atoms with Crippen molar-refractivity contribution in [2.24, 2.45) is 0 Å². The van der Waals surface area contributed by atoms with Gasteiger partial charge in [0.15, 0.2) is 0 Å². The summed E-state index contributed by atoms with van der Waals surface area (Å²) in [4.78, 5) is 2.42. The predicted molar refractivity (Wildman–Crippen MR) is 106 cm³/mol. The van der Waals surface area contributed by atoms with Crippen molar-refractivity contribution in [1.82, 2.24) is 4.90 Å². The average molecular weight is 328 g/mol. The minimum absolute atomic E-state index is 0.101. The molecule has 1 unspecified atom stereocenters. The second-order valence-electron chi connectivity index (χ2n) is 6.23. The van der Waals surface area contributed by atoms with E-state index in [1.54, 1.807) is 0 Å². The van der Waals surface area contributed by atoms with Gasteiger partial charge in [-0.05, 0) is 28.8 Å². The maximum absolute atomic E-state index is 6.00. The molecule has 2 N–H and O–H groups in total. The van der Waals surface area contributed by atoms with Gasteiger partial charge < -0.3 is 5.73 Å². The van der Waals surface area contributed by atoms with E-state index in [-0.39, 0.29) is 6.04 Å². The third-order valence-electron chi connectivity index (χ3n) is 4.33. The number of nitrogen functional groups attached to an aromatic ring is 1. The lowest BCUT2D eigenvalue weighted by molar-refractivity contribution is 0.213. The molecule has 0 amide bonds. The Morgan fingerprint density at radius 3 is 1.84 bits per heavy atom. The molecule has 2 nitrogen and oxygen atoms in total. The van der Waals surface area contributed by atoms with Crippen molar-refractivity contribution in [3.05, 3.63) is 114 Å². The zero-order valence-corrected chi connectivity index (χ0v) is 14.4. The van der Waals surface area contributed by atoms with Crippen molar-refractivity contribution >= 4 is 5.69 Å². The number of hydrogen-bond donors (Lipinski definition) is 1. The van der Waals surface area contributed by atoms with Crippen LogP contribution in [-0.4, -0.2) is 4.90 Å². The molecule has 3 aromatic rings. The van der Waals surface area contributed by atoms with E-state index in [4.69, 9.17) is 5.73 Å². The van der Waals surface area contributed by atoms with Crippen molar-refractivity contribution in [3.63, 3.8) is 0 Å². The highest BCUT2D eigenvalue weighted by atomic mass is 15.1. The first-order chi connectivity index (χ1) is 12.3. The van der Waals surface area contributed by atoms with Gasteiger partial charge in [0.25, 0.3) is 0 Å². The number of hydrogen-bond acceptors (Lipinski definition) is 2. The first kappa shape index (κ1) is 17.0. The van der Waals surface area contributed by atoms with Crippen LogP contribution in [0.2, 0.25) is 0 Å². The van der Waals surface area contributed by atoms with Crippen LogP contribution in [0.5, 0.6) is 0 Å². The number of nitrogens with zero attached hydrogens (tertiary/aromatic N) is 1. The number of rotatable bonds is 7. The lowest BCUT2D eigenvalue weighted by Gasteiger charge is -2.30. The van der Waals surface area contributed by atoms with E-state index in [1.165, 1.54) is 16.7 Å². The summed E-state index contributed by atoms with van der Waals surface area (Å²) < 4.78 is 0. The van der Waals surface area contributed by atoms with E-state index in [2.05, 4.69) is 66.1 Å². The van der Waals surface area contributed by atoms with Crippen molar-refractivity contribution in [3.8, 4) is 0 Å². The largest absolute Gasteiger partial charge is 0.399 e. The number of benzene rings is 3. The van der Waals surface area contributed by atoms with Crippen LogP contribution < -0.4 is 5.73 Å². The van der Waals surface area contributed by atoms with Crippen molar-refractivity contribution in [2.45, 2.75) is 19.1 Å². The fraction of sp³-hybridized carbons (Fsp3) is 0.130. The molecule has 126 valence electrons. The Morgan fingerprint density at radius 2 is 1.36 bits per heavy atom. The van der Waals surface area contributed by atoms with Crippen LogP contribution >= 0.6 is 0 Å². The molecule has 0 aliphatic rings. The van der Waals surface area contributed by atoms with Gasteiger partial charge in [0, 0.05) is 18.8 Å². The molecule has 25 heavy (non-hydrogen) atoms. The van der Waals surface area contributed by atoms with Gasteiger partial charge in [0.05, 0.1) is 6.04 Å². The highest BCUT2D eigenvalue weighted by Crippen LogP contribution is 2.27. The number of anilines is 1. The Morgan fingerprint density at radius 1 is 0.800 bits per heavy atom. The predicted octanol–water partition coefficient (Wildman–Crippen LogP) is 5.20. The Bertz CT molecular complexity index is 755. The SMILES string of the molecule is C=CC(c1cccc(N)c1)N(Cc1ccccc1)Cc1ccccc1. The van der Waals surface area contributed by atoms with Gasteiger partial charge in [-0.2, -0.15) is 0 Å². The quantitative estimate of drug-likeness (QED) is 0.477. The Balaban J connectivity index is 1.92. The molecule has 0 fully saturated rings. The molecule has 0 aromatic heterocycles. The summed E-state index contributed by atoms with van der Waals surface area (Å²) in [5.74, 6) is 0. The molecule has 0 saturated heterocycles. The monoisotopic (exact) mass is 328 g/mol. The molecule has 0 bridgehead atoms. The zero-order valence-electron chi connectivity index (χ0n) is 14.4. The first-order valence-corrected chi connectivity index (χ1v) is 8.56. The molecule has 0 aliphatic heterocycles. The van der Waals surface area contributed by atoms with E-state index in [0.717, 1.165) is 18.8 Å². The lowest BCUT2D eigenvalue weighted by Crippen LogP contribution is -2.27. The fourth-order valence-corrected chi connectivity index (χ4v) is 3.13. The van der Waals surface area contributed by atoms with Crippen molar-refractivity contribution < 1.29 is 0 Å². The van der Waals surface area contributed by atoms with Gasteiger partial charge in [-0.25, -0.2) is 0 Å². The highest BCUT2D eigenvalue weighted by molar-refractivity contribution is 5.42. The summed E-state index contributed by atoms with van der Waals surface area (Å²) in [6, 6.07) is 29.3. The average Bonchev–Trinajstić information content (AvgIpc) is 2.64. The minimum atomic E-state index is 0.101. The minimum Gasteiger partial charge on any atom is -0.399 e. The Hall–Kier alpha value is -2.84. The van der Waals surface area contributed by atoms with Gasteiger partial charge >= 0.3 is 0 Å². The molecule has 0 spiro atoms. The van der Waals surface area contributed by atoms with Crippen LogP contribution in [0.15, 0.2) is 97.6 Å². The van der Waals surface area contributed by atoms with E-state index in [0.29, 0.717) is 0 Å². The molecular formula is C23H24N2. The summed E-state index contributed by atoms with van der Waals surface area (Å²) in [6.07, 6.45) is 2.00. The number of nitrogens with two attached hydrogens (primary N) is 1. The zero-order chi connectivity index (χ0) is 17.5. The summed E-state index contributed by atoms with van der Waals surface area (Å²) in [5, 5.41) is 0. The lowest BCUT2D eigenvalue weighted by atomic mass is 10.0. The topological polar surface area (TPSA) is 29.3 Å². The third kappa shape index (κ3) is 4.59. The Kier molecular flexibility index (Phi) is 5.65. The van der Waals surface area contributed by atoms with Crippen LogP contribution in [0.3, 0.4) is 0 Å². The summed E-state index contributed by atoms with van der Waals surface area (Å²) in [7, 11) is 0. The van der Waals surface area contributed by atoms with Crippen LogP contribution in [0, 0.1) is 0 Å². The normalized spacial score (nSPS) is 12.0. The summed E-state index contributed by atoms with van der Waals surface area (Å²) in [6.45, 7) is 5.79. The summed E-state index contributed by atoms with van der Waals surface area (Å²) >= 11 is 0. The molecule has 0 heterocycles. The molecule has 0 aliphatic carbocycles. The second-order valence-corrected chi connectivity index (χ2v) is 6.23. The maximum atomic E-state index is 6.00. The molecule has 1 atom stereocenters.